The number of nitrogens with two attached hydrogens (primary N) is 2. The number of ether oxygens (including phenoxy) is 1. The minimum Gasteiger partial charge on any atom is -0.454 e. The third-order valence-electron chi connectivity index (χ3n) is 2.18. The molecule has 0 aliphatic carbocycles. The molecule has 1 aromatic carbocycles. The summed E-state index contributed by atoms with van der Waals surface area (Å²) in [5, 5.41) is 11.2. The van der Waals surface area contributed by atoms with Crippen LogP contribution < -0.4 is 11.5 Å². The number of carbonyl (C=O) groups is 1. The lowest BCUT2D eigenvalue weighted by molar-refractivity contribution is 0.0463. The van der Waals surface area contributed by atoms with Gasteiger partial charge in [0.1, 0.15) is 0 Å². The third kappa shape index (κ3) is 2.54. The maximum Gasteiger partial charge on any atom is 0.340 e. The molecule has 0 radical (unpaired) electrons. The number of anilines is 2. The molecule has 0 fully saturated rings. The second-order valence-corrected chi connectivity index (χ2v) is 3.62. The van der Waals surface area contributed by atoms with E-state index in [1.165, 1.54) is 16.9 Å². The molecular weight excluding hydrogens is 236 g/mol. The van der Waals surface area contributed by atoms with Crippen LogP contribution in [0.2, 0.25) is 0 Å². The summed E-state index contributed by atoms with van der Waals surface area (Å²) in [5.41, 5.74) is 12.2. The minimum absolute atomic E-state index is 0.0590. The Labute approximate surface area is 103 Å². The summed E-state index contributed by atoms with van der Waals surface area (Å²) < 4.78 is 5.01. The Morgan fingerprint density at radius 1 is 1.44 bits per heavy atom. The first-order chi connectivity index (χ1) is 8.56. The van der Waals surface area contributed by atoms with Crippen LogP contribution in [-0.4, -0.2) is 26.2 Å². The first-order valence-corrected chi connectivity index (χ1v) is 5.11. The summed E-state index contributed by atoms with van der Waals surface area (Å²) in [4.78, 5) is 13.0. The van der Waals surface area contributed by atoms with Gasteiger partial charge in [0.25, 0.3) is 0 Å². The van der Waals surface area contributed by atoms with Crippen molar-refractivity contribution < 1.29 is 9.53 Å². The van der Waals surface area contributed by atoms with Crippen molar-refractivity contribution in [3.8, 4) is 0 Å². The fourth-order valence-electron chi connectivity index (χ4n) is 1.36. The van der Waals surface area contributed by atoms with Gasteiger partial charge in [-0.1, -0.05) is 0 Å². The molecule has 0 saturated heterocycles. The maximum atomic E-state index is 11.7. The van der Waals surface area contributed by atoms with Crippen molar-refractivity contribution in [1.29, 1.82) is 0 Å². The maximum absolute atomic E-state index is 11.7. The highest BCUT2D eigenvalue weighted by Crippen LogP contribution is 2.16. The van der Waals surface area contributed by atoms with E-state index in [1.807, 2.05) is 0 Å². The van der Waals surface area contributed by atoms with E-state index in [9.17, 15) is 4.79 Å². The largest absolute Gasteiger partial charge is 0.454 e. The molecule has 0 aliphatic heterocycles. The van der Waals surface area contributed by atoms with Crippen molar-refractivity contribution in [2.75, 3.05) is 11.5 Å². The average Bonchev–Trinajstić information content (AvgIpc) is 2.72. The molecular formula is C10H12N6O2. The first-order valence-electron chi connectivity index (χ1n) is 5.11. The number of nitrogens with zero attached hydrogens (tertiary/aromatic N) is 4. The summed E-state index contributed by atoms with van der Waals surface area (Å²) >= 11 is 0. The van der Waals surface area contributed by atoms with Crippen molar-refractivity contribution in [2.45, 2.75) is 6.61 Å². The molecule has 2 rings (SSSR count). The predicted molar refractivity (Wildman–Crippen MR) is 63.2 cm³/mol. The van der Waals surface area contributed by atoms with Crippen LogP contribution in [0.3, 0.4) is 0 Å². The number of esters is 1. The smallest absolute Gasteiger partial charge is 0.340 e. The number of nitrogen functional groups attached to an aromatic ring is 2. The van der Waals surface area contributed by atoms with Gasteiger partial charge in [-0.05, 0) is 23.4 Å². The molecule has 0 saturated carbocycles. The zero-order valence-corrected chi connectivity index (χ0v) is 9.70. The number of tetrazole rings is 1. The summed E-state index contributed by atoms with van der Waals surface area (Å²) in [6.07, 6.45) is 0. The number of rotatable bonds is 3. The van der Waals surface area contributed by atoms with Crippen molar-refractivity contribution in [1.82, 2.24) is 20.2 Å². The van der Waals surface area contributed by atoms with Gasteiger partial charge in [-0.15, -0.1) is 10.2 Å². The van der Waals surface area contributed by atoms with Crippen LogP contribution in [0.5, 0.6) is 0 Å². The SMILES string of the molecule is Cn1nnc(COC(=O)c2ccc(N)cc2N)n1. The number of hydrogen-bond donors (Lipinski definition) is 2. The number of benzene rings is 1. The van der Waals surface area contributed by atoms with Gasteiger partial charge in [-0.2, -0.15) is 4.80 Å². The summed E-state index contributed by atoms with van der Waals surface area (Å²) in [6, 6.07) is 4.59. The lowest BCUT2D eigenvalue weighted by atomic mass is 10.1. The van der Waals surface area contributed by atoms with Gasteiger partial charge in [0.05, 0.1) is 12.6 Å². The summed E-state index contributed by atoms with van der Waals surface area (Å²) in [6.45, 7) is -0.0590. The van der Waals surface area contributed by atoms with E-state index in [2.05, 4.69) is 15.4 Å². The highest BCUT2D eigenvalue weighted by molar-refractivity contribution is 5.95. The highest BCUT2D eigenvalue weighted by atomic mass is 16.5. The Hall–Kier alpha value is -2.64. The van der Waals surface area contributed by atoms with Gasteiger partial charge in [0, 0.05) is 11.4 Å². The van der Waals surface area contributed by atoms with Gasteiger partial charge in [-0.25, -0.2) is 4.79 Å². The zero-order valence-electron chi connectivity index (χ0n) is 9.70. The Balaban J connectivity index is 2.03. The van der Waals surface area contributed by atoms with Crippen LogP contribution in [0.4, 0.5) is 11.4 Å². The van der Waals surface area contributed by atoms with E-state index >= 15 is 0 Å². The average molecular weight is 248 g/mol. The van der Waals surface area contributed by atoms with Gasteiger partial charge >= 0.3 is 5.97 Å². The molecule has 0 spiro atoms. The summed E-state index contributed by atoms with van der Waals surface area (Å²) in [7, 11) is 1.62. The third-order valence-corrected chi connectivity index (χ3v) is 2.18. The van der Waals surface area contributed by atoms with E-state index < -0.39 is 5.97 Å². The van der Waals surface area contributed by atoms with E-state index in [-0.39, 0.29) is 17.9 Å². The van der Waals surface area contributed by atoms with Crippen molar-refractivity contribution in [3.05, 3.63) is 29.6 Å². The van der Waals surface area contributed by atoms with E-state index in [0.717, 1.165) is 0 Å². The van der Waals surface area contributed by atoms with Gasteiger partial charge in [-0.3, -0.25) is 0 Å². The first kappa shape index (κ1) is 11.8. The monoisotopic (exact) mass is 248 g/mol. The van der Waals surface area contributed by atoms with Crippen molar-refractivity contribution >= 4 is 17.3 Å². The number of hydrogen-bond acceptors (Lipinski definition) is 7. The van der Waals surface area contributed by atoms with Gasteiger partial charge in [0.15, 0.2) is 6.61 Å². The highest BCUT2D eigenvalue weighted by Gasteiger charge is 2.12. The lowest BCUT2D eigenvalue weighted by Gasteiger charge is -2.05. The van der Waals surface area contributed by atoms with Crippen LogP contribution in [-0.2, 0) is 18.4 Å². The van der Waals surface area contributed by atoms with Crippen LogP contribution in [0.15, 0.2) is 18.2 Å². The second kappa shape index (κ2) is 4.70. The van der Waals surface area contributed by atoms with Crippen LogP contribution in [0, 0.1) is 0 Å². The molecule has 4 N–H and O–H groups in total. The van der Waals surface area contributed by atoms with Crippen LogP contribution >= 0.6 is 0 Å². The molecule has 1 aromatic heterocycles. The van der Waals surface area contributed by atoms with Crippen molar-refractivity contribution in [3.63, 3.8) is 0 Å². The number of aromatic nitrogens is 4. The zero-order chi connectivity index (χ0) is 13.1. The quantitative estimate of drug-likeness (QED) is 0.566. The molecule has 8 heteroatoms. The predicted octanol–water partition coefficient (Wildman–Crippen LogP) is -0.269. The molecule has 0 atom stereocenters. The van der Waals surface area contributed by atoms with Crippen molar-refractivity contribution in [2.24, 2.45) is 7.05 Å². The molecule has 2 aromatic rings. The topological polar surface area (TPSA) is 122 Å². The molecule has 94 valence electrons. The minimum atomic E-state index is -0.556. The Kier molecular flexibility index (Phi) is 3.09. The molecule has 1 heterocycles. The normalized spacial score (nSPS) is 10.3. The second-order valence-electron chi connectivity index (χ2n) is 3.62. The molecule has 0 unspecified atom stereocenters. The molecule has 18 heavy (non-hydrogen) atoms. The van der Waals surface area contributed by atoms with E-state index in [0.29, 0.717) is 11.5 Å². The van der Waals surface area contributed by atoms with Crippen LogP contribution in [0.25, 0.3) is 0 Å². The number of carbonyl (C=O) groups excluding carboxylic acids is 1. The molecule has 0 aliphatic rings. The molecule has 0 bridgehead atoms. The Morgan fingerprint density at radius 3 is 2.83 bits per heavy atom. The summed E-state index contributed by atoms with van der Waals surface area (Å²) in [5.74, 6) is -0.236. The lowest BCUT2D eigenvalue weighted by Crippen LogP contribution is -2.09. The van der Waals surface area contributed by atoms with E-state index in [4.69, 9.17) is 16.2 Å². The Bertz CT molecular complexity index is 579. The van der Waals surface area contributed by atoms with E-state index in [1.54, 1.807) is 13.1 Å². The van der Waals surface area contributed by atoms with Gasteiger partial charge < -0.3 is 16.2 Å². The molecule has 0 amide bonds. The number of aryl methyl sites for hydroxylation is 1. The standard InChI is InChI=1S/C10H12N6O2/c1-16-14-9(13-15-16)5-18-10(17)7-3-2-6(11)4-8(7)12/h2-4H,5,11-12H2,1H3. The molecule has 8 nitrogen and oxygen atoms in total. The fourth-order valence-corrected chi connectivity index (χ4v) is 1.36. The van der Waals surface area contributed by atoms with Crippen LogP contribution in [0.1, 0.15) is 16.2 Å². The Morgan fingerprint density at radius 2 is 2.22 bits per heavy atom. The van der Waals surface area contributed by atoms with Gasteiger partial charge in [0.2, 0.25) is 5.82 Å². The fraction of sp³-hybridized carbons (Fsp3) is 0.200.